The van der Waals surface area contributed by atoms with Crippen LogP contribution in [0, 0.1) is 6.92 Å². The highest BCUT2D eigenvalue weighted by molar-refractivity contribution is 7.46. The zero-order valence-electron chi connectivity index (χ0n) is 14.0. The number of nitrogens with two attached hydrogens (primary N) is 1. The molecule has 2 aromatic heterocycles. The summed E-state index contributed by atoms with van der Waals surface area (Å²) in [5.74, 6) is 0.619. The predicted molar refractivity (Wildman–Crippen MR) is 87.6 cm³/mol. The molecule has 0 amide bonds. The minimum absolute atomic E-state index is 0.0391. The van der Waals surface area contributed by atoms with Gasteiger partial charge in [-0.1, -0.05) is 0 Å². The number of hydrogen-bond donors (Lipinski definition) is 5. The number of nitrogens with zero attached hydrogens (tertiary/aromatic N) is 4. The van der Waals surface area contributed by atoms with E-state index in [4.69, 9.17) is 20.3 Å². The maximum atomic E-state index is 10.9. The van der Waals surface area contributed by atoms with Gasteiger partial charge in [-0.25, -0.2) is 19.5 Å². The first-order valence-electron chi connectivity index (χ1n) is 7.79. The van der Waals surface area contributed by atoms with Gasteiger partial charge in [-0.05, 0) is 13.8 Å². The van der Waals surface area contributed by atoms with E-state index in [9.17, 15) is 14.8 Å². The largest absolute Gasteiger partial charge is 0.469 e. The number of fused-ring (bicyclic) bond motifs is 1. The number of phosphoric acid groups is 1. The standard InChI is InChI=1S/C13H20N5O7P/c1-5(25-26(21,22)23)3-7-9(19)10(20)13(24-7)18-6(2)17-8-11(14)15-4-16-12(8)18/h4-5,7,9-10,13,19-20H,3H2,1-2H3,(H2,14,15,16)(H2,21,22,23)/t5?,7?,9?,10-,13-/m1/s1. The van der Waals surface area contributed by atoms with E-state index >= 15 is 0 Å². The van der Waals surface area contributed by atoms with Crippen LogP contribution in [0.3, 0.4) is 0 Å². The van der Waals surface area contributed by atoms with E-state index in [0.29, 0.717) is 17.0 Å². The van der Waals surface area contributed by atoms with Gasteiger partial charge in [0.25, 0.3) is 0 Å². The summed E-state index contributed by atoms with van der Waals surface area (Å²) in [6, 6.07) is 0. The van der Waals surface area contributed by atoms with Gasteiger partial charge in [0.2, 0.25) is 0 Å². The van der Waals surface area contributed by atoms with Crippen molar-refractivity contribution < 1.29 is 33.8 Å². The molecule has 6 N–H and O–H groups in total. The van der Waals surface area contributed by atoms with Crippen molar-refractivity contribution in [2.75, 3.05) is 5.73 Å². The average molecular weight is 389 g/mol. The molecule has 0 saturated carbocycles. The third kappa shape index (κ3) is 3.58. The minimum Gasteiger partial charge on any atom is -0.388 e. The average Bonchev–Trinajstić information content (AvgIpc) is 2.98. The fourth-order valence-electron chi connectivity index (χ4n) is 3.08. The van der Waals surface area contributed by atoms with E-state index in [1.807, 2.05) is 0 Å². The van der Waals surface area contributed by atoms with E-state index in [0.717, 1.165) is 0 Å². The number of phosphoric ester groups is 1. The topological polar surface area (TPSA) is 186 Å². The van der Waals surface area contributed by atoms with Crippen molar-refractivity contribution in [1.29, 1.82) is 0 Å². The van der Waals surface area contributed by atoms with Gasteiger partial charge >= 0.3 is 7.82 Å². The van der Waals surface area contributed by atoms with Gasteiger partial charge < -0.3 is 30.5 Å². The second-order valence-electron chi connectivity index (χ2n) is 6.15. The summed E-state index contributed by atoms with van der Waals surface area (Å²) >= 11 is 0. The number of aliphatic hydroxyl groups is 2. The third-order valence-electron chi connectivity index (χ3n) is 4.15. The highest BCUT2D eigenvalue weighted by atomic mass is 31.2. The SMILES string of the molecule is Cc1nc2c(N)ncnc2n1[C@@H]1OC(CC(C)OP(=O)(O)O)C(O)[C@H]1O. The van der Waals surface area contributed by atoms with Gasteiger partial charge in [-0.3, -0.25) is 9.09 Å². The van der Waals surface area contributed by atoms with Gasteiger partial charge in [0, 0.05) is 6.42 Å². The summed E-state index contributed by atoms with van der Waals surface area (Å²) in [6.45, 7) is 3.09. The number of aryl methyl sites for hydroxylation is 1. The molecule has 1 aliphatic rings. The van der Waals surface area contributed by atoms with Crippen molar-refractivity contribution >= 4 is 24.8 Å². The second-order valence-corrected chi connectivity index (χ2v) is 7.34. The predicted octanol–water partition coefficient (Wildman–Crippen LogP) is -0.776. The molecule has 13 heteroatoms. The Kier molecular flexibility index (Phi) is 5.01. The summed E-state index contributed by atoms with van der Waals surface area (Å²) in [6.07, 6.45) is -4.21. The Morgan fingerprint density at radius 1 is 1.38 bits per heavy atom. The van der Waals surface area contributed by atoms with Gasteiger partial charge in [0.15, 0.2) is 23.2 Å². The Morgan fingerprint density at radius 3 is 2.73 bits per heavy atom. The molecule has 144 valence electrons. The molecule has 0 radical (unpaired) electrons. The molecule has 3 unspecified atom stereocenters. The highest BCUT2D eigenvalue weighted by Gasteiger charge is 2.45. The van der Waals surface area contributed by atoms with Crippen molar-refractivity contribution in [3.63, 3.8) is 0 Å². The maximum Gasteiger partial charge on any atom is 0.469 e. The molecule has 0 spiro atoms. The smallest absolute Gasteiger partial charge is 0.388 e. The normalized spacial score (nSPS) is 27.9. The molecule has 0 aliphatic carbocycles. The Hall–Kier alpha value is -1.66. The lowest BCUT2D eigenvalue weighted by molar-refractivity contribution is -0.0476. The first kappa shape index (κ1) is 19.1. The third-order valence-corrected chi connectivity index (χ3v) is 4.79. The molecular formula is C13H20N5O7P. The first-order valence-corrected chi connectivity index (χ1v) is 9.32. The van der Waals surface area contributed by atoms with E-state index in [1.54, 1.807) is 6.92 Å². The van der Waals surface area contributed by atoms with Crippen LogP contribution in [0.4, 0.5) is 5.82 Å². The Morgan fingerprint density at radius 2 is 2.08 bits per heavy atom. The van der Waals surface area contributed by atoms with Crippen LogP contribution in [0.15, 0.2) is 6.33 Å². The van der Waals surface area contributed by atoms with Crippen molar-refractivity contribution in [3.05, 3.63) is 12.2 Å². The quantitative estimate of drug-likeness (QED) is 0.404. The number of aromatic nitrogens is 4. The van der Waals surface area contributed by atoms with Gasteiger partial charge in [-0.2, -0.15) is 0 Å². The molecule has 3 rings (SSSR count). The minimum atomic E-state index is -4.67. The Balaban J connectivity index is 1.86. The molecule has 1 saturated heterocycles. The van der Waals surface area contributed by atoms with Crippen LogP contribution >= 0.6 is 7.82 Å². The number of nitrogen functional groups attached to an aromatic ring is 1. The molecule has 1 fully saturated rings. The number of anilines is 1. The Labute approximate surface area is 147 Å². The molecule has 2 aromatic rings. The highest BCUT2D eigenvalue weighted by Crippen LogP contribution is 2.40. The number of imidazole rings is 1. The molecule has 5 atom stereocenters. The lowest BCUT2D eigenvalue weighted by Crippen LogP contribution is -2.33. The summed E-state index contributed by atoms with van der Waals surface area (Å²) in [4.78, 5) is 30.0. The number of ether oxygens (including phenoxy) is 1. The van der Waals surface area contributed by atoms with Crippen LogP contribution in [-0.4, -0.2) is 63.9 Å². The molecule has 12 nitrogen and oxygen atoms in total. The monoisotopic (exact) mass is 389 g/mol. The van der Waals surface area contributed by atoms with Gasteiger partial charge in [0.1, 0.15) is 24.4 Å². The lowest BCUT2D eigenvalue weighted by Gasteiger charge is -2.20. The second kappa shape index (κ2) is 6.82. The molecular weight excluding hydrogens is 369 g/mol. The van der Waals surface area contributed by atoms with Crippen molar-refractivity contribution in [2.24, 2.45) is 0 Å². The molecule has 0 aromatic carbocycles. The number of rotatable bonds is 5. The van der Waals surface area contributed by atoms with Gasteiger partial charge in [0.05, 0.1) is 12.2 Å². The lowest BCUT2D eigenvalue weighted by atomic mass is 10.1. The number of aliphatic hydroxyl groups excluding tert-OH is 2. The summed E-state index contributed by atoms with van der Waals surface area (Å²) in [7, 11) is -4.67. The summed E-state index contributed by atoms with van der Waals surface area (Å²) in [5.41, 5.74) is 6.46. The fourth-order valence-corrected chi connectivity index (χ4v) is 3.64. The van der Waals surface area contributed by atoms with E-state index < -0.39 is 38.5 Å². The molecule has 26 heavy (non-hydrogen) atoms. The molecule has 1 aliphatic heterocycles. The maximum absolute atomic E-state index is 10.9. The van der Waals surface area contributed by atoms with Crippen molar-refractivity contribution in [3.8, 4) is 0 Å². The molecule has 0 bridgehead atoms. The Bertz CT molecular complexity index is 855. The number of hydrogen-bond acceptors (Lipinski definition) is 9. The van der Waals surface area contributed by atoms with E-state index in [2.05, 4.69) is 19.5 Å². The zero-order valence-corrected chi connectivity index (χ0v) is 14.9. The van der Waals surface area contributed by atoms with Crippen LogP contribution in [0.2, 0.25) is 0 Å². The van der Waals surface area contributed by atoms with Crippen LogP contribution in [0.5, 0.6) is 0 Å². The van der Waals surface area contributed by atoms with Crippen LogP contribution in [0.1, 0.15) is 25.4 Å². The van der Waals surface area contributed by atoms with Crippen molar-refractivity contribution in [1.82, 2.24) is 19.5 Å². The first-order chi connectivity index (χ1) is 12.1. The van der Waals surface area contributed by atoms with Crippen LogP contribution in [-0.2, 0) is 13.8 Å². The molecule has 3 heterocycles. The van der Waals surface area contributed by atoms with E-state index in [1.165, 1.54) is 17.8 Å². The fraction of sp³-hybridized carbons (Fsp3) is 0.615. The zero-order chi connectivity index (χ0) is 19.2. The summed E-state index contributed by atoms with van der Waals surface area (Å²) < 4.78 is 22.7. The van der Waals surface area contributed by atoms with Crippen LogP contribution in [0.25, 0.3) is 11.2 Å². The van der Waals surface area contributed by atoms with Gasteiger partial charge in [-0.15, -0.1) is 0 Å². The summed E-state index contributed by atoms with van der Waals surface area (Å²) in [5, 5.41) is 20.7. The van der Waals surface area contributed by atoms with Crippen molar-refractivity contribution in [2.45, 2.75) is 50.9 Å². The van der Waals surface area contributed by atoms with E-state index in [-0.39, 0.29) is 12.2 Å². The van der Waals surface area contributed by atoms with Crippen LogP contribution < -0.4 is 5.73 Å².